The van der Waals surface area contributed by atoms with Crippen LogP contribution < -0.4 is 0 Å². The molecular formula is C22H33NO2. The highest BCUT2D eigenvalue weighted by Gasteiger charge is 2.73. The molecule has 1 spiro atoms. The van der Waals surface area contributed by atoms with Crippen molar-refractivity contribution in [3.05, 3.63) is 12.2 Å². The zero-order valence-corrected chi connectivity index (χ0v) is 15.7. The number of nitrogens with zero attached hydrogens (tertiary/aromatic N) is 1. The molecule has 7 aliphatic rings. The quantitative estimate of drug-likeness (QED) is 0.683. The predicted octanol–water partition coefficient (Wildman–Crippen LogP) is 3.58. The molecule has 0 amide bonds. The number of fused-ring (bicyclic) bond motifs is 3. The van der Waals surface area contributed by atoms with Gasteiger partial charge < -0.3 is 9.84 Å². The van der Waals surface area contributed by atoms with Crippen LogP contribution in [0.3, 0.4) is 0 Å². The fourth-order valence-corrected chi connectivity index (χ4v) is 9.23. The molecule has 0 aromatic heterocycles. The van der Waals surface area contributed by atoms with E-state index < -0.39 is 0 Å². The molecule has 3 nitrogen and oxygen atoms in total. The monoisotopic (exact) mass is 343 g/mol. The smallest absolute Gasteiger partial charge is 0.117 e. The first-order valence-electron chi connectivity index (χ1n) is 10.7. The number of rotatable bonds is 0. The molecule has 25 heavy (non-hydrogen) atoms. The Labute approximate surface area is 151 Å². The molecule has 138 valence electrons. The number of aliphatic hydroxyl groups is 1. The van der Waals surface area contributed by atoms with Gasteiger partial charge in [0.25, 0.3) is 0 Å². The van der Waals surface area contributed by atoms with E-state index in [9.17, 15) is 5.11 Å². The van der Waals surface area contributed by atoms with E-state index in [4.69, 9.17) is 4.74 Å². The summed E-state index contributed by atoms with van der Waals surface area (Å²) in [5.41, 5.74) is 2.02. The number of aliphatic hydroxyl groups excluding tert-OH is 1. The first-order valence-corrected chi connectivity index (χ1v) is 10.7. The van der Waals surface area contributed by atoms with Crippen LogP contribution in [0.5, 0.6) is 0 Å². The molecule has 0 unspecified atom stereocenters. The minimum Gasteiger partial charge on any atom is -0.388 e. The molecule has 5 aliphatic carbocycles. The lowest BCUT2D eigenvalue weighted by Crippen LogP contribution is -2.73. The maximum Gasteiger partial charge on any atom is 0.117 e. The van der Waals surface area contributed by atoms with Gasteiger partial charge in [-0.1, -0.05) is 19.9 Å². The predicted molar refractivity (Wildman–Crippen MR) is 96.8 cm³/mol. The molecule has 2 aliphatic heterocycles. The number of piperidine rings is 1. The fraction of sp³-hybridized carbons (Fsp3) is 0.909. The summed E-state index contributed by atoms with van der Waals surface area (Å²) in [5, 5.41) is 11.3. The van der Waals surface area contributed by atoms with E-state index in [-0.39, 0.29) is 11.5 Å². The molecular weight excluding hydrogens is 310 g/mol. The zero-order valence-electron chi connectivity index (χ0n) is 15.7. The molecule has 7 rings (SSSR count). The van der Waals surface area contributed by atoms with Crippen LogP contribution in [0.4, 0.5) is 0 Å². The van der Waals surface area contributed by atoms with Gasteiger partial charge in [0.15, 0.2) is 0 Å². The Morgan fingerprint density at radius 2 is 2.00 bits per heavy atom. The van der Waals surface area contributed by atoms with E-state index >= 15 is 0 Å². The van der Waals surface area contributed by atoms with Crippen molar-refractivity contribution in [1.82, 2.24) is 4.90 Å². The van der Waals surface area contributed by atoms with Crippen LogP contribution in [0.2, 0.25) is 0 Å². The molecule has 5 saturated carbocycles. The van der Waals surface area contributed by atoms with Crippen molar-refractivity contribution in [3.63, 3.8) is 0 Å². The summed E-state index contributed by atoms with van der Waals surface area (Å²) in [5.74, 6) is 1.99. The Kier molecular flexibility index (Phi) is 2.95. The topological polar surface area (TPSA) is 32.7 Å². The SMILES string of the molecule is C=C1[C@@H]2CC[C@]3(CC[C@@H]4[C@]5(C)CCC[C@]4([C@@H]3C2)[C@H]2OCCN2C5)[C@@H]1O. The molecule has 2 heterocycles. The van der Waals surface area contributed by atoms with E-state index in [1.54, 1.807) is 0 Å². The lowest BCUT2D eigenvalue weighted by atomic mass is 9.34. The molecule has 7 fully saturated rings. The van der Waals surface area contributed by atoms with E-state index in [0.717, 1.165) is 24.6 Å². The second kappa shape index (κ2) is 4.72. The molecule has 0 radical (unpaired) electrons. The number of ether oxygens (including phenoxy) is 1. The summed E-state index contributed by atoms with van der Waals surface area (Å²) in [6, 6.07) is 0. The number of hydrogen-bond acceptors (Lipinski definition) is 3. The average molecular weight is 344 g/mol. The molecule has 0 aromatic carbocycles. The van der Waals surface area contributed by atoms with Crippen LogP contribution in [-0.4, -0.2) is 42.0 Å². The zero-order chi connectivity index (χ0) is 17.0. The highest BCUT2D eigenvalue weighted by Crippen LogP contribution is 2.75. The second-order valence-corrected chi connectivity index (χ2v) is 10.6. The van der Waals surface area contributed by atoms with Gasteiger partial charge in [-0.05, 0) is 73.7 Å². The second-order valence-electron chi connectivity index (χ2n) is 10.6. The maximum absolute atomic E-state index is 11.3. The van der Waals surface area contributed by atoms with Gasteiger partial charge in [-0.2, -0.15) is 0 Å². The van der Waals surface area contributed by atoms with E-state index in [1.165, 1.54) is 57.9 Å². The van der Waals surface area contributed by atoms with Gasteiger partial charge in [-0.25, -0.2) is 0 Å². The van der Waals surface area contributed by atoms with Crippen molar-refractivity contribution >= 4 is 0 Å². The summed E-state index contributed by atoms with van der Waals surface area (Å²) in [7, 11) is 0. The minimum atomic E-state index is -0.259. The number of hydrogen-bond donors (Lipinski definition) is 1. The van der Waals surface area contributed by atoms with Gasteiger partial charge in [-0.3, -0.25) is 4.90 Å². The van der Waals surface area contributed by atoms with Crippen molar-refractivity contribution in [2.24, 2.45) is 34.0 Å². The third-order valence-electron chi connectivity index (χ3n) is 10.00. The van der Waals surface area contributed by atoms with Crippen molar-refractivity contribution < 1.29 is 9.84 Å². The molecule has 8 atom stereocenters. The van der Waals surface area contributed by atoms with Crippen molar-refractivity contribution in [1.29, 1.82) is 0 Å². The lowest BCUT2D eigenvalue weighted by molar-refractivity contribution is -0.290. The highest BCUT2D eigenvalue weighted by molar-refractivity contribution is 5.28. The third-order valence-corrected chi connectivity index (χ3v) is 10.00. The van der Waals surface area contributed by atoms with Crippen molar-refractivity contribution in [3.8, 4) is 0 Å². The minimum absolute atomic E-state index is 0.107. The largest absolute Gasteiger partial charge is 0.388 e. The Morgan fingerprint density at radius 3 is 2.88 bits per heavy atom. The summed E-state index contributed by atoms with van der Waals surface area (Å²) < 4.78 is 6.49. The Morgan fingerprint density at radius 1 is 1.16 bits per heavy atom. The van der Waals surface area contributed by atoms with Crippen LogP contribution in [0.1, 0.15) is 58.3 Å². The van der Waals surface area contributed by atoms with Gasteiger partial charge in [0.05, 0.1) is 12.7 Å². The van der Waals surface area contributed by atoms with Gasteiger partial charge >= 0.3 is 0 Å². The van der Waals surface area contributed by atoms with E-state index in [2.05, 4.69) is 18.4 Å². The van der Waals surface area contributed by atoms with Crippen LogP contribution >= 0.6 is 0 Å². The molecule has 3 heteroatoms. The molecule has 2 saturated heterocycles. The van der Waals surface area contributed by atoms with Crippen LogP contribution in [0.15, 0.2) is 12.2 Å². The van der Waals surface area contributed by atoms with Gasteiger partial charge in [0.1, 0.15) is 6.23 Å². The van der Waals surface area contributed by atoms with Crippen LogP contribution in [-0.2, 0) is 4.74 Å². The third kappa shape index (κ3) is 1.62. The van der Waals surface area contributed by atoms with Gasteiger partial charge in [0.2, 0.25) is 0 Å². The molecule has 0 aromatic rings. The van der Waals surface area contributed by atoms with E-state index in [0.29, 0.717) is 28.9 Å². The van der Waals surface area contributed by atoms with Gasteiger partial charge in [0, 0.05) is 23.9 Å². The maximum atomic E-state index is 11.3. The summed E-state index contributed by atoms with van der Waals surface area (Å²) in [6.07, 6.45) is 10.4. The molecule has 1 N–H and O–H groups in total. The Hall–Kier alpha value is -0.380. The molecule has 4 bridgehead atoms. The first-order chi connectivity index (χ1) is 12.0. The van der Waals surface area contributed by atoms with Crippen LogP contribution in [0, 0.1) is 34.0 Å². The van der Waals surface area contributed by atoms with Gasteiger partial charge in [-0.15, -0.1) is 0 Å². The first kappa shape index (κ1) is 15.7. The summed E-state index contributed by atoms with van der Waals surface area (Å²) in [4.78, 5) is 2.69. The van der Waals surface area contributed by atoms with Crippen LogP contribution in [0.25, 0.3) is 0 Å². The normalized spacial score (nSPS) is 60.1. The fourth-order valence-electron chi connectivity index (χ4n) is 9.23. The highest BCUT2D eigenvalue weighted by atomic mass is 16.5. The standard InChI is InChI=1S/C22H33NO2/c1-14-15-4-8-21(18(14)24)9-5-16-20(2)6-3-7-22(16,17(21)12-15)19-23(13-20)10-11-25-19/h15-19,24H,1,3-13H2,2H3/t15-,16-,17-,18-,19-,20-,21-,22+/m1/s1. The van der Waals surface area contributed by atoms with Crippen molar-refractivity contribution in [2.45, 2.75) is 70.6 Å². The Bertz CT molecular complexity index is 634. The average Bonchev–Trinajstić information content (AvgIpc) is 3.06. The summed E-state index contributed by atoms with van der Waals surface area (Å²) in [6.45, 7) is 10.2. The van der Waals surface area contributed by atoms with Crippen molar-refractivity contribution in [2.75, 3.05) is 19.7 Å². The van der Waals surface area contributed by atoms with E-state index in [1.807, 2.05) is 0 Å². The Balaban J connectivity index is 1.53. The lowest BCUT2D eigenvalue weighted by Gasteiger charge is -2.73. The summed E-state index contributed by atoms with van der Waals surface area (Å²) >= 11 is 0.